The second kappa shape index (κ2) is 8.07. The summed E-state index contributed by atoms with van der Waals surface area (Å²) in [6.07, 6.45) is 0. The van der Waals surface area contributed by atoms with Crippen LogP contribution >= 0.6 is 28.1 Å². The molecule has 3 rings (SSSR count). The van der Waals surface area contributed by atoms with Crippen molar-refractivity contribution in [3.63, 3.8) is 0 Å². The Bertz CT molecular complexity index is 1050. The van der Waals surface area contributed by atoms with Gasteiger partial charge in [0.2, 0.25) is 0 Å². The Balaban J connectivity index is 1.64. The summed E-state index contributed by atoms with van der Waals surface area (Å²) in [7, 11) is -3.75. The lowest BCUT2D eigenvalue weighted by Crippen LogP contribution is -2.19. The summed E-state index contributed by atoms with van der Waals surface area (Å²) in [6, 6.07) is 15.2. The zero-order valence-corrected chi connectivity index (χ0v) is 17.3. The average Bonchev–Trinajstić information content (AvgIpc) is 3.01. The fourth-order valence-corrected chi connectivity index (χ4v) is 3.64. The van der Waals surface area contributed by atoms with Gasteiger partial charge in [-0.15, -0.1) is 0 Å². The number of thiocarbonyl (C=S) groups is 1. The van der Waals surface area contributed by atoms with Crippen molar-refractivity contribution in [2.45, 2.75) is 11.8 Å². The molecule has 0 amide bonds. The third-order valence-electron chi connectivity index (χ3n) is 3.39. The normalized spacial score (nSPS) is 11.0. The monoisotopic (exact) mass is 466 g/mol. The largest absolute Gasteiger partial charge is 0.360 e. The van der Waals surface area contributed by atoms with Crippen LogP contribution < -0.4 is 15.4 Å². The van der Waals surface area contributed by atoms with E-state index in [1.54, 1.807) is 19.1 Å². The Kier molecular flexibility index (Phi) is 5.78. The van der Waals surface area contributed by atoms with E-state index in [-0.39, 0.29) is 10.7 Å². The summed E-state index contributed by atoms with van der Waals surface area (Å²) in [5, 5.41) is 10.1. The van der Waals surface area contributed by atoms with Crippen molar-refractivity contribution in [2.24, 2.45) is 0 Å². The minimum absolute atomic E-state index is 0.0977. The van der Waals surface area contributed by atoms with Gasteiger partial charge >= 0.3 is 0 Å². The summed E-state index contributed by atoms with van der Waals surface area (Å²) in [5.41, 5.74) is 1.49. The van der Waals surface area contributed by atoms with E-state index in [0.29, 0.717) is 16.6 Å². The number of hydrogen-bond acceptors (Lipinski definition) is 5. The number of sulfonamides is 1. The SMILES string of the molecule is Cc1cc(NS(=O)(=O)c2ccc(NC(=S)Nc3ccc(Br)cc3)cc2)no1. The van der Waals surface area contributed by atoms with Gasteiger partial charge in [-0.3, -0.25) is 4.72 Å². The highest BCUT2D eigenvalue weighted by Crippen LogP contribution is 2.19. The first-order valence-corrected chi connectivity index (χ1v) is 10.4. The van der Waals surface area contributed by atoms with Crippen molar-refractivity contribution >= 4 is 60.5 Å². The van der Waals surface area contributed by atoms with Gasteiger partial charge in [-0.1, -0.05) is 21.1 Å². The molecule has 140 valence electrons. The molecular weight excluding hydrogens is 452 g/mol. The molecule has 0 unspecified atom stereocenters. The number of aryl methyl sites for hydroxylation is 1. The summed E-state index contributed by atoms with van der Waals surface area (Å²) < 4.78 is 32.9. The molecule has 0 saturated carbocycles. The van der Waals surface area contributed by atoms with E-state index in [1.165, 1.54) is 18.2 Å². The van der Waals surface area contributed by atoms with Crippen LogP contribution in [-0.2, 0) is 10.0 Å². The van der Waals surface area contributed by atoms with E-state index in [1.807, 2.05) is 24.3 Å². The molecule has 10 heteroatoms. The Hall–Kier alpha value is -2.43. The van der Waals surface area contributed by atoms with Crippen LogP contribution in [0.15, 0.2) is 68.5 Å². The minimum atomic E-state index is -3.75. The standard InChI is InChI=1S/C17H15BrN4O3S2/c1-11-10-16(21-25-11)22-27(23,24)15-8-6-14(7-9-15)20-17(26)19-13-4-2-12(18)3-5-13/h2-10H,1H3,(H,21,22)(H2,19,20,26). The third kappa shape index (κ3) is 5.28. The minimum Gasteiger partial charge on any atom is -0.360 e. The number of nitrogens with zero attached hydrogens (tertiary/aromatic N) is 1. The molecule has 1 aromatic heterocycles. The van der Waals surface area contributed by atoms with E-state index in [0.717, 1.165) is 10.2 Å². The molecular formula is C17H15BrN4O3S2. The highest BCUT2D eigenvalue weighted by Gasteiger charge is 2.16. The first-order valence-electron chi connectivity index (χ1n) is 7.72. The number of nitrogens with one attached hydrogen (secondary N) is 3. The molecule has 0 aliphatic rings. The number of rotatable bonds is 5. The van der Waals surface area contributed by atoms with Gasteiger partial charge in [0.25, 0.3) is 10.0 Å². The molecule has 0 aliphatic carbocycles. The maximum absolute atomic E-state index is 12.4. The van der Waals surface area contributed by atoms with E-state index in [4.69, 9.17) is 16.7 Å². The number of anilines is 3. The molecule has 0 spiro atoms. The van der Waals surface area contributed by atoms with E-state index < -0.39 is 10.0 Å². The van der Waals surface area contributed by atoms with Crippen molar-refractivity contribution in [3.05, 3.63) is 64.8 Å². The maximum atomic E-state index is 12.4. The van der Waals surface area contributed by atoms with Crippen molar-refractivity contribution in [1.82, 2.24) is 5.16 Å². The fraction of sp³-hybridized carbons (Fsp3) is 0.0588. The van der Waals surface area contributed by atoms with Crippen LogP contribution in [0.2, 0.25) is 0 Å². The number of hydrogen-bond donors (Lipinski definition) is 3. The van der Waals surface area contributed by atoms with E-state index >= 15 is 0 Å². The molecule has 0 atom stereocenters. The van der Waals surface area contributed by atoms with Gasteiger partial charge in [-0.2, -0.15) is 0 Å². The average molecular weight is 467 g/mol. The molecule has 27 heavy (non-hydrogen) atoms. The molecule has 0 aliphatic heterocycles. The van der Waals surface area contributed by atoms with Crippen LogP contribution in [0.25, 0.3) is 0 Å². The molecule has 0 radical (unpaired) electrons. The first-order chi connectivity index (χ1) is 12.8. The topological polar surface area (TPSA) is 96.3 Å². The van der Waals surface area contributed by atoms with Crippen LogP contribution in [0.4, 0.5) is 17.2 Å². The highest BCUT2D eigenvalue weighted by molar-refractivity contribution is 9.10. The smallest absolute Gasteiger partial charge is 0.263 e. The maximum Gasteiger partial charge on any atom is 0.263 e. The highest BCUT2D eigenvalue weighted by atomic mass is 79.9. The molecule has 0 saturated heterocycles. The third-order valence-corrected chi connectivity index (χ3v) is 5.49. The predicted molar refractivity (Wildman–Crippen MR) is 112 cm³/mol. The Labute approximate surface area is 170 Å². The van der Waals surface area contributed by atoms with E-state index in [2.05, 4.69) is 36.4 Å². The summed E-state index contributed by atoms with van der Waals surface area (Å²) in [6.45, 7) is 1.68. The predicted octanol–water partition coefficient (Wildman–Crippen LogP) is 4.36. The quantitative estimate of drug-likeness (QED) is 0.480. The second-order valence-corrected chi connectivity index (χ2v) is 8.55. The molecule has 3 aromatic rings. The van der Waals surface area contributed by atoms with Crippen LogP contribution in [0.5, 0.6) is 0 Å². The van der Waals surface area contributed by atoms with Crippen molar-refractivity contribution in [2.75, 3.05) is 15.4 Å². The van der Waals surface area contributed by atoms with Gasteiger partial charge in [-0.25, -0.2) is 8.42 Å². The molecule has 7 nitrogen and oxygen atoms in total. The zero-order chi connectivity index (χ0) is 19.4. The van der Waals surface area contributed by atoms with Gasteiger partial charge in [0, 0.05) is 21.9 Å². The van der Waals surface area contributed by atoms with Crippen LogP contribution in [0.3, 0.4) is 0 Å². The molecule has 3 N–H and O–H groups in total. The van der Waals surface area contributed by atoms with E-state index in [9.17, 15) is 8.42 Å². The number of benzene rings is 2. The first kappa shape index (κ1) is 19.3. The molecule has 0 bridgehead atoms. The number of halogens is 1. The zero-order valence-electron chi connectivity index (χ0n) is 14.1. The Morgan fingerprint density at radius 2 is 1.59 bits per heavy atom. The summed E-state index contributed by atoms with van der Waals surface area (Å²) >= 11 is 8.63. The molecule has 0 fully saturated rings. The summed E-state index contributed by atoms with van der Waals surface area (Å²) in [4.78, 5) is 0.0977. The fourth-order valence-electron chi connectivity index (χ4n) is 2.16. The van der Waals surface area contributed by atoms with Crippen molar-refractivity contribution in [3.8, 4) is 0 Å². The Morgan fingerprint density at radius 1 is 1.04 bits per heavy atom. The van der Waals surface area contributed by atoms with Gasteiger partial charge in [-0.05, 0) is 67.7 Å². The lowest BCUT2D eigenvalue weighted by molar-refractivity contribution is 0.400. The van der Waals surface area contributed by atoms with Gasteiger partial charge in [0.1, 0.15) is 5.76 Å². The Morgan fingerprint density at radius 3 is 2.11 bits per heavy atom. The lowest BCUT2D eigenvalue weighted by atomic mass is 10.3. The van der Waals surface area contributed by atoms with Crippen molar-refractivity contribution in [1.29, 1.82) is 0 Å². The van der Waals surface area contributed by atoms with Crippen LogP contribution in [0.1, 0.15) is 5.76 Å². The molecule has 1 heterocycles. The van der Waals surface area contributed by atoms with Crippen LogP contribution in [0, 0.1) is 6.92 Å². The van der Waals surface area contributed by atoms with Gasteiger partial charge < -0.3 is 15.2 Å². The van der Waals surface area contributed by atoms with Gasteiger partial charge in [0.05, 0.1) is 4.90 Å². The molecule has 2 aromatic carbocycles. The second-order valence-electron chi connectivity index (χ2n) is 5.54. The van der Waals surface area contributed by atoms with Crippen molar-refractivity contribution < 1.29 is 12.9 Å². The number of aromatic nitrogens is 1. The van der Waals surface area contributed by atoms with Gasteiger partial charge in [0.15, 0.2) is 10.9 Å². The summed E-state index contributed by atoms with van der Waals surface area (Å²) in [5.74, 6) is 0.647. The lowest BCUT2D eigenvalue weighted by Gasteiger charge is -2.11. The van der Waals surface area contributed by atoms with Crippen LogP contribution in [-0.4, -0.2) is 18.7 Å².